The van der Waals surface area contributed by atoms with Crippen molar-refractivity contribution in [1.29, 1.82) is 0 Å². The van der Waals surface area contributed by atoms with Gasteiger partial charge in [-0.25, -0.2) is 0 Å². The number of carbonyl (C=O) groups excluding carboxylic acids is 1. The van der Waals surface area contributed by atoms with Crippen molar-refractivity contribution in [1.82, 2.24) is 5.32 Å². The van der Waals surface area contributed by atoms with Crippen LogP contribution >= 0.6 is 0 Å². The number of carbonyl (C=O) groups is 1. The van der Waals surface area contributed by atoms with E-state index in [4.69, 9.17) is 0 Å². The first kappa shape index (κ1) is 56.5. The van der Waals surface area contributed by atoms with Crippen molar-refractivity contribution in [3.8, 4) is 0 Å². The summed E-state index contributed by atoms with van der Waals surface area (Å²) in [6.07, 6.45) is 56.2. The second-order valence-corrected chi connectivity index (χ2v) is 17.5. The molecule has 0 fully saturated rings. The Morgan fingerprint density at radius 1 is 0.414 bits per heavy atom. The molecule has 0 spiro atoms. The molecule has 0 aromatic heterocycles. The van der Waals surface area contributed by atoms with Gasteiger partial charge in [0.25, 0.3) is 0 Å². The summed E-state index contributed by atoms with van der Waals surface area (Å²) in [6.45, 7) is 4.05. The minimum Gasteiger partial charge on any atom is -0.394 e. The van der Waals surface area contributed by atoms with Gasteiger partial charge in [-0.05, 0) is 64.2 Å². The molecule has 4 unspecified atom stereocenters. The quantitative estimate of drug-likeness (QED) is 0.0310. The summed E-state index contributed by atoms with van der Waals surface area (Å²) in [5.74, 6) is -0.596. The molecular weight excluding hydrogens is 719 g/mol. The number of rotatable bonds is 46. The van der Waals surface area contributed by atoms with E-state index < -0.39 is 36.9 Å². The summed E-state index contributed by atoms with van der Waals surface area (Å²) in [6, 6.07) is -1.01. The van der Waals surface area contributed by atoms with E-state index in [2.05, 4.69) is 55.6 Å². The molecule has 5 N–H and O–H groups in total. The predicted octanol–water partition coefficient (Wildman–Crippen LogP) is 14.1. The van der Waals surface area contributed by atoms with E-state index >= 15 is 0 Å². The molecule has 0 aromatic rings. The summed E-state index contributed by atoms with van der Waals surface area (Å²) < 4.78 is 0. The van der Waals surface area contributed by atoms with Gasteiger partial charge >= 0.3 is 0 Å². The highest BCUT2D eigenvalue weighted by molar-refractivity contribution is 5.80. The lowest BCUT2D eigenvalue weighted by atomic mass is 10.00. The number of hydrogen-bond acceptors (Lipinski definition) is 5. The average molecular weight is 818 g/mol. The summed E-state index contributed by atoms with van der Waals surface area (Å²) in [4.78, 5) is 12.6. The van der Waals surface area contributed by atoms with Gasteiger partial charge in [0, 0.05) is 0 Å². The van der Waals surface area contributed by atoms with Crippen LogP contribution in [0.2, 0.25) is 0 Å². The Morgan fingerprint density at radius 3 is 1.09 bits per heavy atom. The molecule has 0 aliphatic rings. The van der Waals surface area contributed by atoms with Crippen LogP contribution in [0.25, 0.3) is 0 Å². The van der Waals surface area contributed by atoms with E-state index in [1.54, 1.807) is 0 Å². The molecule has 6 heteroatoms. The summed E-state index contributed by atoms with van der Waals surface area (Å²) >= 11 is 0. The van der Waals surface area contributed by atoms with Crippen molar-refractivity contribution < 1.29 is 25.2 Å². The van der Waals surface area contributed by atoms with Crippen LogP contribution in [0.4, 0.5) is 0 Å². The van der Waals surface area contributed by atoms with Crippen LogP contribution < -0.4 is 5.32 Å². The third-order valence-electron chi connectivity index (χ3n) is 11.8. The second-order valence-electron chi connectivity index (χ2n) is 17.5. The fourth-order valence-corrected chi connectivity index (χ4v) is 7.79. The van der Waals surface area contributed by atoms with Crippen molar-refractivity contribution in [2.75, 3.05) is 6.61 Å². The molecule has 6 nitrogen and oxygen atoms in total. The van der Waals surface area contributed by atoms with Gasteiger partial charge in [0.1, 0.15) is 12.2 Å². The van der Waals surface area contributed by atoms with Gasteiger partial charge in [-0.15, -0.1) is 0 Å². The van der Waals surface area contributed by atoms with Crippen molar-refractivity contribution in [3.05, 3.63) is 36.5 Å². The summed E-state index contributed by atoms with van der Waals surface area (Å²) in [5, 5.41) is 43.8. The minimum absolute atomic E-state index is 0.362. The highest BCUT2D eigenvalue weighted by atomic mass is 16.3. The Morgan fingerprint density at radius 2 is 0.724 bits per heavy atom. The second kappa shape index (κ2) is 46.6. The molecule has 1 amide bonds. The molecule has 4 atom stereocenters. The van der Waals surface area contributed by atoms with E-state index in [9.17, 15) is 25.2 Å². The Bertz CT molecular complexity index is 919. The molecule has 58 heavy (non-hydrogen) atoms. The molecule has 0 rings (SSSR count). The molecule has 0 heterocycles. The number of amides is 1. The van der Waals surface area contributed by atoms with Crippen molar-refractivity contribution in [2.45, 2.75) is 282 Å². The Hall–Kier alpha value is -1.47. The largest absolute Gasteiger partial charge is 0.394 e. The Labute approximate surface area is 360 Å². The van der Waals surface area contributed by atoms with Gasteiger partial charge in [-0.3, -0.25) is 4.79 Å². The van der Waals surface area contributed by atoms with Crippen LogP contribution in [-0.2, 0) is 4.79 Å². The molecule has 0 bridgehead atoms. The van der Waals surface area contributed by atoms with Gasteiger partial charge in [-0.2, -0.15) is 0 Å². The van der Waals surface area contributed by atoms with Gasteiger partial charge in [-0.1, -0.05) is 230 Å². The monoisotopic (exact) mass is 818 g/mol. The number of nitrogens with one attached hydrogen (secondary N) is 1. The lowest BCUT2D eigenvalue weighted by molar-refractivity contribution is -0.132. The summed E-state index contributed by atoms with van der Waals surface area (Å²) in [7, 11) is 0. The molecule has 0 saturated carbocycles. The zero-order chi connectivity index (χ0) is 42.4. The number of unbranched alkanes of at least 4 members (excludes halogenated alkanes) is 31. The number of aliphatic hydroxyl groups is 4. The van der Waals surface area contributed by atoms with E-state index in [-0.39, 0.29) is 0 Å². The lowest BCUT2D eigenvalue weighted by Crippen LogP contribution is -2.53. The summed E-state index contributed by atoms with van der Waals surface area (Å²) in [5.41, 5.74) is 0. The first-order valence-electron chi connectivity index (χ1n) is 25.4. The highest BCUT2D eigenvalue weighted by Crippen LogP contribution is 2.17. The lowest BCUT2D eigenvalue weighted by Gasteiger charge is -2.27. The zero-order valence-electron chi connectivity index (χ0n) is 38.5. The Kier molecular flexibility index (Phi) is 45.4. The maximum absolute atomic E-state index is 12.6. The van der Waals surface area contributed by atoms with Crippen LogP contribution in [0.5, 0.6) is 0 Å². The molecule has 0 radical (unpaired) electrons. The fraction of sp³-hybridized carbons (Fsp3) is 0.865. The van der Waals surface area contributed by atoms with Crippen LogP contribution in [-0.4, -0.2) is 57.3 Å². The van der Waals surface area contributed by atoms with Crippen molar-refractivity contribution >= 4 is 5.91 Å². The molecular formula is C52H99NO5. The van der Waals surface area contributed by atoms with Crippen LogP contribution in [0.3, 0.4) is 0 Å². The van der Waals surface area contributed by atoms with Gasteiger partial charge in [0.15, 0.2) is 0 Å². The smallest absolute Gasteiger partial charge is 0.249 e. The van der Waals surface area contributed by atoms with Crippen molar-refractivity contribution in [2.24, 2.45) is 0 Å². The third-order valence-corrected chi connectivity index (χ3v) is 11.8. The van der Waals surface area contributed by atoms with Gasteiger partial charge < -0.3 is 25.7 Å². The standard InChI is InChI=1S/C52H99NO5/c1-3-5-7-9-11-13-15-17-19-21-23-24-25-26-28-30-32-34-36-38-40-42-44-46-50(56)52(58)53-48(47-54)51(57)49(55)45-43-41-39-37-35-33-31-29-27-22-20-18-16-14-12-10-8-6-4-2/h18,20,29,31,37,39,48-51,54-57H,3-17,19,21-28,30,32-36,38,40-47H2,1-2H3,(H,53,58)/b20-18+,31-29+,39-37+. The van der Waals surface area contributed by atoms with E-state index in [1.807, 2.05) is 0 Å². The highest BCUT2D eigenvalue weighted by Gasteiger charge is 2.28. The number of aliphatic hydroxyl groups excluding tert-OH is 4. The maximum Gasteiger partial charge on any atom is 0.249 e. The maximum atomic E-state index is 12.6. The van der Waals surface area contributed by atoms with E-state index in [0.29, 0.717) is 19.3 Å². The molecule has 0 aromatic carbocycles. The van der Waals surface area contributed by atoms with Gasteiger partial charge in [0.2, 0.25) is 5.91 Å². The minimum atomic E-state index is -1.29. The molecule has 342 valence electrons. The average Bonchev–Trinajstić information content (AvgIpc) is 3.23. The number of allylic oxidation sites excluding steroid dienone is 6. The third kappa shape index (κ3) is 40.0. The SMILES string of the molecule is CCCCCCCC/C=C/CC/C=C/CC/C=C/CCCC(O)C(O)C(CO)NC(=O)C(O)CCCCCCCCCCCCCCCCCCCCCCCCC. The first-order chi connectivity index (χ1) is 28.5. The van der Waals surface area contributed by atoms with Gasteiger partial charge in [0.05, 0.1) is 18.8 Å². The van der Waals surface area contributed by atoms with Crippen molar-refractivity contribution in [3.63, 3.8) is 0 Å². The fourth-order valence-electron chi connectivity index (χ4n) is 7.79. The Balaban J connectivity index is 3.72. The first-order valence-corrected chi connectivity index (χ1v) is 25.4. The predicted molar refractivity (Wildman–Crippen MR) is 251 cm³/mol. The topological polar surface area (TPSA) is 110 Å². The van der Waals surface area contributed by atoms with E-state index in [1.165, 1.54) is 173 Å². The molecule has 0 aliphatic carbocycles. The normalized spacial score (nSPS) is 14.2. The van der Waals surface area contributed by atoms with Crippen LogP contribution in [0, 0.1) is 0 Å². The number of hydrogen-bond donors (Lipinski definition) is 5. The zero-order valence-corrected chi connectivity index (χ0v) is 38.5. The van der Waals surface area contributed by atoms with E-state index in [0.717, 1.165) is 51.4 Å². The van der Waals surface area contributed by atoms with Crippen LogP contribution in [0.15, 0.2) is 36.5 Å². The molecule has 0 saturated heterocycles. The van der Waals surface area contributed by atoms with Crippen LogP contribution in [0.1, 0.15) is 258 Å². The molecule has 0 aliphatic heterocycles.